The highest BCUT2D eigenvalue weighted by Gasteiger charge is 2.31. The molecule has 1 amide bonds. The summed E-state index contributed by atoms with van der Waals surface area (Å²) in [5.74, 6) is 0.266. The van der Waals surface area contributed by atoms with Crippen LogP contribution in [0.15, 0.2) is 53.1 Å². The van der Waals surface area contributed by atoms with Crippen LogP contribution in [-0.2, 0) is 12.6 Å². The molecule has 0 unspecified atom stereocenters. The molecule has 2 aromatic carbocycles. The van der Waals surface area contributed by atoms with Crippen LogP contribution in [0.3, 0.4) is 0 Å². The fourth-order valence-electron chi connectivity index (χ4n) is 2.91. The average Bonchev–Trinajstić information content (AvgIpc) is 3.09. The van der Waals surface area contributed by atoms with Gasteiger partial charge in [0.25, 0.3) is 5.91 Å². The summed E-state index contributed by atoms with van der Waals surface area (Å²) in [5, 5.41) is 6.53. The number of aromatic nitrogens is 1. The number of methoxy groups -OCH3 is 1. The molecule has 0 radical (unpaired) electrons. The monoisotopic (exact) mass is 404 g/mol. The summed E-state index contributed by atoms with van der Waals surface area (Å²) in [6.45, 7) is 1.90. The minimum Gasteiger partial charge on any atom is -0.497 e. The topological polar surface area (TPSA) is 64.4 Å². The Morgan fingerprint density at radius 2 is 1.93 bits per heavy atom. The van der Waals surface area contributed by atoms with Gasteiger partial charge in [-0.05, 0) is 43.2 Å². The molecule has 29 heavy (non-hydrogen) atoms. The summed E-state index contributed by atoms with van der Waals surface area (Å²) in [6, 6.07) is 12.1. The number of nitrogens with zero attached hydrogens (tertiary/aromatic N) is 1. The second-order valence-corrected chi connectivity index (χ2v) is 6.41. The lowest BCUT2D eigenvalue weighted by molar-refractivity contribution is -0.137. The lowest BCUT2D eigenvalue weighted by Gasteiger charge is -2.09. The van der Waals surface area contributed by atoms with Crippen molar-refractivity contribution in [3.63, 3.8) is 0 Å². The van der Waals surface area contributed by atoms with Gasteiger partial charge in [-0.2, -0.15) is 13.2 Å². The van der Waals surface area contributed by atoms with Gasteiger partial charge in [0.15, 0.2) is 5.76 Å². The van der Waals surface area contributed by atoms with Crippen molar-refractivity contribution in [2.45, 2.75) is 19.5 Å². The lowest BCUT2D eigenvalue weighted by Crippen LogP contribution is -2.26. The number of benzene rings is 2. The molecule has 0 aliphatic carbocycles. The number of nitrogens with one attached hydrogen (secondary N) is 1. The molecule has 1 N–H and O–H groups in total. The summed E-state index contributed by atoms with van der Waals surface area (Å²) < 4.78 is 49.3. The Kier molecular flexibility index (Phi) is 5.91. The van der Waals surface area contributed by atoms with Gasteiger partial charge >= 0.3 is 6.18 Å². The maximum atomic E-state index is 13.0. The first-order chi connectivity index (χ1) is 13.8. The smallest absolute Gasteiger partial charge is 0.416 e. The predicted octanol–water partition coefficient (Wildman–Crippen LogP) is 4.65. The van der Waals surface area contributed by atoms with Crippen molar-refractivity contribution in [2.75, 3.05) is 13.7 Å². The Bertz CT molecular complexity index is 1010. The first-order valence-electron chi connectivity index (χ1n) is 8.84. The third-order valence-electron chi connectivity index (χ3n) is 4.38. The minimum absolute atomic E-state index is 0.00693. The number of amides is 1. The molecule has 0 spiro atoms. The molecule has 0 bridgehead atoms. The maximum Gasteiger partial charge on any atom is 0.416 e. The largest absolute Gasteiger partial charge is 0.497 e. The minimum atomic E-state index is -4.50. The maximum absolute atomic E-state index is 13.0. The highest BCUT2D eigenvalue weighted by Crippen LogP contribution is 2.33. The molecule has 1 aromatic heterocycles. The predicted molar refractivity (Wildman–Crippen MR) is 101 cm³/mol. The zero-order valence-corrected chi connectivity index (χ0v) is 15.8. The molecule has 3 rings (SSSR count). The van der Waals surface area contributed by atoms with Crippen LogP contribution in [0.2, 0.25) is 0 Å². The van der Waals surface area contributed by atoms with E-state index in [1.54, 1.807) is 14.0 Å². The summed E-state index contributed by atoms with van der Waals surface area (Å²) in [4.78, 5) is 12.7. The number of carbonyl (C=O) groups excluding carboxylic acids is 1. The average molecular weight is 404 g/mol. The van der Waals surface area contributed by atoms with E-state index in [-0.39, 0.29) is 16.9 Å². The molecule has 3 aromatic rings. The zero-order valence-electron chi connectivity index (χ0n) is 15.8. The number of aryl methyl sites for hydroxylation is 1. The van der Waals surface area contributed by atoms with Gasteiger partial charge in [-0.3, -0.25) is 4.79 Å². The van der Waals surface area contributed by atoms with Gasteiger partial charge in [-0.1, -0.05) is 29.4 Å². The van der Waals surface area contributed by atoms with Crippen LogP contribution in [0.5, 0.6) is 5.75 Å². The Balaban J connectivity index is 1.76. The number of hydrogen-bond acceptors (Lipinski definition) is 4. The number of carbonyl (C=O) groups is 1. The standard InChI is InChI=1S/C21H19F3N2O3/c1-13-18(20(27)25-10-9-14-5-3-8-17(11-14)28-2)19(29-26-13)15-6-4-7-16(12-15)21(22,23)24/h3-8,11-12H,9-10H2,1-2H3,(H,25,27). The van der Waals surface area contributed by atoms with Crippen LogP contribution in [0.1, 0.15) is 27.2 Å². The van der Waals surface area contributed by atoms with Gasteiger partial charge in [0.2, 0.25) is 0 Å². The van der Waals surface area contributed by atoms with Crippen LogP contribution >= 0.6 is 0 Å². The van der Waals surface area contributed by atoms with Gasteiger partial charge in [-0.25, -0.2) is 0 Å². The van der Waals surface area contributed by atoms with E-state index >= 15 is 0 Å². The van der Waals surface area contributed by atoms with Crippen molar-refractivity contribution in [1.82, 2.24) is 10.5 Å². The number of rotatable bonds is 6. The first kappa shape index (κ1) is 20.4. The van der Waals surface area contributed by atoms with Crippen molar-refractivity contribution in [3.05, 3.63) is 70.9 Å². The van der Waals surface area contributed by atoms with E-state index in [1.165, 1.54) is 12.1 Å². The third kappa shape index (κ3) is 4.77. The molecule has 0 fully saturated rings. The Hall–Kier alpha value is -3.29. The molecule has 0 saturated heterocycles. The Morgan fingerprint density at radius 3 is 2.66 bits per heavy atom. The van der Waals surface area contributed by atoms with E-state index in [2.05, 4.69) is 10.5 Å². The quantitative estimate of drug-likeness (QED) is 0.650. The normalized spacial score (nSPS) is 11.3. The number of ether oxygens (including phenoxy) is 1. The summed E-state index contributed by atoms with van der Waals surface area (Å²) in [7, 11) is 1.57. The summed E-state index contributed by atoms with van der Waals surface area (Å²) in [6.07, 6.45) is -3.93. The Morgan fingerprint density at radius 1 is 1.17 bits per heavy atom. The number of alkyl halides is 3. The van der Waals surface area contributed by atoms with Crippen molar-refractivity contribution in [2.24, 2.45) is 0 Å². The van der Waals surface area contributed by atoms with Crippen molar-refractivity contribution < 1.29 is 27.2 Å². The molecule has 0 aliphatic heterocycles. The highest BCUT2D eigenvalue weighted by atomic mass is 19.4. The molecule has 8 heteroatoms. The first-order valence-corrected chi connectivity index (χ1v) is 8.84. The number of halogens is 3. The third-order valence-corrected chi connectivity index (χ3v) is 4.38. The van der Waals surface area contributed by atoms with Gasteiger partial charge in [0.05, 0.1) is 18.4 Å². The molecular formula is C21H19F3N2O3. The second kappa shape index (κ2) is 8.38. The van der Waals surface area contributed by atoms with Gasteiger partial charge in [0, 0.05) is 12.1 Å². The van der Waals surface area contributed by atoms with Crippen molar-refractivity contribution in [1.29, 1.82) is 0 Å². The fourth-order valence-corrected chi connectivity index (χ4v) is 2.91. The van der Waals surface area contributed by atoms with Crippen LogP contribution in [-0.4, -0.2) is 24.7 Å². The highest BCUT2D eigenvalue weighted by molar-refractivity contribution is 6.00. The Labute approximate surface area is 165 Å². The van der Waals surface area contributed by atoms with E-state index in [0.29, 0.717) is 18.7 Å². The molecule has 152 valence electrons. The molecule has 1 heterocycles. The van der Waals surface area contributed by atoms with E-state index < -0.39 is 17.6 Å². The summed E-state index contributed by atoms with van der Waals surface area (Å²) in [5.41, 5.74) is 0.711. The summed E-state index contributed by atoms with van der Waals surface area (Å²) >= 11 is 0. The van der Waals surface area contributed by atoms with E-state index in [9.17, 15) is 18.0 Å². The van der Waals surface area contributed by atoms with Crippen LogP contribution < -0.4 is 10.1 Å². The van der Waals surface area contributed by atoms with Crippen molar-refractivity contribution >= 4 is 5.91 Å². The van der Waals surface area contributed by atoms with Gasteiger partial charge in [-0.15, -0.1) is 0 Å². The van der Waals surface area contributed by atoms with Crippen LogP contribution in [0.25, 0.3) is 11.3 Å². The van der Waals surface area contributed by atoms with Crippen LogP contribution in [0.4, 0.5) is 13.2 Å². The second-order valence-electron chi connectivity index (χ2n) is 6.41. The SMILES string of the molecule is COc1cccc(CCNC(=O)c2c(C)noc2-c2cccc(C(F)(F)F)c2)c1. The van der Waals surface area contributed by atoms with E-state index in [1.807, 2.05) is 24.3 Å². The fraction of sp³-hybridized carbons (Fsp3) is 0.238. The molecule has 0 atom stereocenters. The lowest BCUT2D eigenvalue weighted by atomic mass is 10.0. The molecular weight excluding hydrogens is 385 g/mol. The van der Waals surface area contributed by atoms with Gasteiger partial charge in [0.1, 0.15) is 11.3 Å². The molecule has 0 saturated carbocycles. The number of hydrogen-bond donors (Lipinski definition) is 1. The van der Waals surface area contributed by atoms with Crippen molar-refractivity contribution in [3.8, 4) is 17.1 Å². The molecule has 5 nitrogen and oxygen atoms in total. The molecule has 0 aliphatic rings. The van der Waals surface area contributed by atoms with Gasteiger partial charge < -0.3 is 14.6 Å². The van der Waals surface area contributed by atoms with E-state index in [4.69, 9.17) is 9.26 Å². The van der Waals surface area contributed by atoms with E-state index in [0.717, 1.165) is 23.4 Å². The zero-order chi connectivity index (χ0) is 21.0. The van der Waals surface area contributed by atoms with Crippen LogP contribution in [0, 0.1) is 6.92 Å².